The third kappa shape index (κ3) is 3.64. The summed E-state index contributed by atoms with van der Waals surface area (Å²) in [5, 5.41) is 9.55. The molecule has 0 aliphatic carbocycles. The summed E-state index contributed by atoms with van der Waals surface area (Å²) >= 11 is 6.86. The lowest BCUT2D eigenvalue weighted by Crippen LogP contribution is -2.08. The second-order valence-electron chi connectivity index (χ2n) is 4.15. The Bertz CT molecular complexity index is 531. The van der Waals surface area contributed by atoms with Crippen molar-refractivity contribution in [2.75, 3.05) is 6.61 Å². The lowest BCUT2D eigenvalue weighted by molar-refractivity contribution is 0.264. The van der Waals surface area contributed by atoms with Crippen LogP contribution in [0.3, 0.4) is 0 Å². The van der Waals surface area contributed by atoms with Crippen molar-refractivity contribution in [1.82, 2.24) is 4.98 Å². The van der Waals surface area contributed by atoms with Gasteiger partial charge < -0.3 is 5.11 Å². The Morgan fingerprint density at radius 3 is 2.61 bits per heavy atom. The predicted molar refractivity (Wildman–Crippen MR) is 79.6 cm³/mol. The summed E-state index contributed by atoms with van der Waals surface area (Å²) < 4.78 is 2.00. The summed E-state index contributed by atoms with van der Waals surface area (Å²) in [5.41, 5.74) is 2.25. The molecule has 1 aromatic heterocycles. The van der Waals surface area contributed by atoms with Crippen LogP contribution in [0.5, 0.6) is 0 Å². The molecule has 0 aliphatic heterocycles. The second-order valence-corrected chi connectivity index (χ2v) is 5.98. The molecule has 1 atom stereocenters. The maximum atomic E-state index is 9.55. The average molecular weight is 371 g/mol. The van der Waals surface area contributed by atoms with Crippen LogP contribution in [-0.4, -0.2) is 16.7 Å². The van der Waals surface area contributed by atoms with Crippen molar-refractivity contribution in [2.45, 2.75) is 12.3 Å². The van der Waals surface area contributed by atoms with E-state index in [1.807, 2.05) is 36.5 Å². The molecule has 0 spiro atoms. The number of aliphatic hydroxyl groups is 1. The minimum absolute atomic E-state index is 0.0959. The van der Waals surface area contributed by atoms with Gasteiger partial charge in [-0.3, -0.25) is 4.98 Å². The van der Waals surface area contributed by atoms with Crippen LogP contribution in [0.15, 0.2) is 51.7 Å². The molecule has 0 saturated heterocycles. The van der Waals surface area contributed by atoms with E-state index >= 15 is 0 Å². The van der Waals surface area contributed by atoms with Crippen molar-refractivity contribution in [1.29, 1.82) is 0 Å². The molecule has 1 heterocycles. The first-order valence-corrected chi connectivity index (χ1v) is 7.23. The molecule has 4 heteroatoms. The SMILES string of the molecule is OCC(Cc1cncc(Br)c1)c1cccc(Br)c1. The number of rotatable bonds is 4. The molecule has 1 aromatic carbocycles. The Hall–Kier alpha value is -0.710. The van der Waals surface area contributed by atoms with E-state index in [9.17, 15) is 5.11 Å². The molecule has 0 saturated carbocycles. The van der Waals surface area contributed by atoms with Gasteiger partial charge >= 0.3 is 0 Å². The topological polar surface area (TPSA) is 33.1 Å². The van der Waals surface area contributed by atoms with E-state index in [1.54, 1.807) is 6.20 Å². The van der Waals surface area contributed by atoms with E-state index in [0.29, 0.717) is 0 Å². The summed E-state index contributed by atoms with van der Waals surface area (Å²) in [6.45, 7) is 0.128. The summed E-state index contributed by atoms with van der Waals surface area (Å²) in [5.74, 6) is 0.0959. The van der Waals surface area contributed by atoms with Gasteiger partial charge in [0.05, 0.1) is 6.61 Å². The van der Waals surface area contributed by atoms with Gasteiger partial charge in [-0.25, -0.2) is 0 Å². The van der Waals surface area contributed by atoms with Crippen molar-refractivity contribution >= 4 is 31.9 Å². The first-order valence-electron chi connectivity index (χ1n) is 5.65. The van der Waals surface area contributed by atoms with Gasteiger partial charge in [0.25, 0.3) is 0 Å². The fourth-order valence-electron chi connectivity index (χ4n) is 1.90. The lowest BCUT2D eigenvalue weighted by atomic mass is 9.93. The van der Waals surface area contributed by atoms with Gasteiger partial charge in [-0.05, 0) is 51.7 Å². The fourth-order valence-corrected chi connectivity index (χ4v) is 2.73. The van der Waals surface area contributed by atoms with E-state index in [-0.39, 0.29) is 12.5 Å². The van der Waals surface area contributed by atoms with Crippen molar-refractivity contribution in [3.05, 3.63) is 62.8 Å². The zero-order valence-electron chi connectivity index (χ0n) is 9.68. The first kappa shape index (κ1) is 13.7. The molecule has 1 unspecified atom stereocenters. The molecule has 0 radical (unpaired) electrons. The van der Waals surface area contributed by atoms with Crippen LogP contribution in [0.25, 0.3) is 0 Å². The van der Waals surface area contributed by atoms with E-state index in [2.05, 4.69) is 36.8 Å². The second kappa shape index (κ2) is 6.45. The molecule has 0 fully saturated rings. The number of aliphatic hydroxyl groups excluding tert-OH is 1. The Morgan fingerprint density at radius 1 is 1.11 bits per heavy atom. The van der Waals surface area contributed by atoms with E-state index < -0.39 is 0 Å². The third-order valence-corrected chi connectivity index (χ3v) is 3.71. The summed E-state index contributed by atoms with van der Waals surface area (Å²) in [4.78, 5) is 4.15. The highest BCUT2D eigenvalue weighted by atomic mass is 79.9. The number of nitrogens with zero attached hydrogens (tertiary/aromatic N) is 1. The maximum absolute atomic E-state index is 9.55. The summed E-state index contributed by atoms with van der Waals surface area (Å²) in [6, 6.07) is 10.1. The molecular formula is C14H13Br2NO. The maximum Gasteiger partial charge on any atom is 0.0502 e. The summed E-state index contributed by atoms with van der Waals surface area (Å²) in [6.07, 6.45) is 4.38. The van der Waals surface area contributed by atoms with Gasteiger partial charge in [0.15, 0.2) is 0 Å². The van der Waals surface area contributed by atoms with Crippen LogP contribution in [0.4, 0.5) is 0 Å². The van der Waals surface area contributed by atoms with Crippen LogP contribution in [0.2, 0.25) is 0 Å². The zero-order valence-corrected chi connectivity index (χ0v) is 12.9. The monoisotopic (exact) mass is 369 g/mol. The average Bonchev–Trinajstić information content (AvgIpc) is 2.36. The number of halogens is 2. The highest BCUT2D eigenvalue weighted by Gasteiger charge is 2.12. The van der Waals surface area contributed by atoms with Crippen LogP contribution < -0.4 is 0 Å². The standard InChI is InChI=1S/C14H13Br2NO/c15-13-3-1-2-11(6-13)12(9-18)4-10-5-14(16)8-17-7-10/h1-3,5-8,12,18H,4,9H2. The van der Waals surface area contributed by atoms with E-state index in [4.69, 9.17) is 0 Å². The van der Waals surface area contributed by atoms with Gasteiger partial charge in [-0.2, -0.15) is 0 Å². The molecule has 18 heavy (non-hydrogen) atoms. The van der Waals surface area contributed by atoms with Crippen molar-refractivity contribution in [3.8, 4) is 0 Å². The predicted octanol–water partition coefficient (Wildman–Crippen LogP) is 3.93. The molecule has 0 bridgehead atoms. The molecule has 2 nitrogen and oxygen atoms in total. The van der Waals surface area contributed by atoms with E-state index in [1.165, 1.54) is 0 Å². The Kier molecular flexibility index (Phi) is 4.92. The van der Waals surface area contributed by atoms with Crippen molar-refractivity contribution < 1.29 is 5.11 Å². The van der Waals surface area contributed by atoms with Crippen LogP contribution >= 0.6 is 31.9 Å². The Labute approximate surface area is 123 Å². The van der Waals surface area contributed by atoms with E-state index in [0.717, 1.165) is 26.5 Å². The first-order chi connectivity index (χ1) is 8.69. The fraction of sp³-hybridized carbons (Fsp3) is 0.214. The summed E-state index contributed by atoms with van der Waals surface area (Å²) in [7, 11) is 0. The zero-order chi connectivity index (χ0) is 13.0. The Morgan fingerprint density at radius 2 is 1.94 bits per heavy atom. The van der Waals surface area contributed by atoms with Gasteiger partial charge in [0, 0.05) is 27.3 Å². The number of hydrogen-bond acceptors (Lipinski definition) is 2. The number of pyridine rings is 1. The highest BCUT2D eigenvalue weighted by molar-refractivity contribution is 9.10. The quantitative estimate of drug-likeness (QED) is 0.884. The molecule has 2 aromatic rings. The van der Waals surface area contributed by atoms with Gasteiger partial charge in [-0.1, -0.05) is 28.1 Å². The van der Waals surface area contributed by atoms with Crippen LogP contribution in [0, 0.1) is 0 Å². The van der Waals surface area contributed by atoms with Crippen LogP contribution in [-0.2, 0) is 6.42 Å². The lowest BCUT2D eigenvalue weighted by Gasteiger charge is -2.15. The molecule has 0 amide bonds. The molecule has 1 N–H and O–H groups in total. The number of benzene rings is 1. The molecule has 94 valence electrons. The normalized spacial score (nSPS) is 12.4. The van der Waals surface area contributed by atoms with Gasteiger partial charge in [0.2, 0.25) is 0 Å². The minimum atomic E-state index is 0.0959. The highest BCUT2D eigenvalue weighted by Crippen LogP contribution is 2.24. The smallest absolute Gasteiger partial charge is 0.0502 e. The number of hydrogen-bond donors (Lipinski definition) is 1. The third-order valence-electron chi connectivity index (χ3n) is 2.78. The molecule has 2 rings (SSSR count). The molecular weight excluding hydrogens is 358 g/mol. The van der Waals surface area contributed by atoms with Crippen molar-refractivity contribution in [3.63, 3.8) is 0 Å². The van der Waals surface area contributed by atoms with Gasteiger partial charge in [-0.15, -0.1) is 0 Å². The Balaban J connectivity index is 2.19. The molecule has 0 aliphatic rings. The van der Waals surface area contributed by atoms with Crippen molar-refractivity contribution in [2.24, 2.45) is 0 Å². The van der Waals surface area contributed by atoms with Crippen LogP contribution in [0.1, 0.15) is 17.0 Å². The largest absolute Gasteiger partial charge is 0.396 e. The number of aromatic nitrogens is 1. The minimum Gasteiger partial charge on any atom is -0.396 e. The van der Waals surface area contributed by atoms with Gasteiger partial charge in [0.1, 0.15) is 0 Å².